The number of amides is 1. The highest BCUT2D eigenvalue weighted by Gasteiger charge is 2.24. The van der Waals surface area contributed by atoms with Gasteiger partial charge in [-0.15, -0.1) is 9.73 Å². The molecule has 3 heterocycles. The highest BCUT2D eigenvalue weighted by atomic mass is 35.5. The van der Waals surface area contributed by atoms with Gasteiger partial charge in [-0.3, -0.25) is 14.2 Å². The summed E-state index contributed by atoms with van der Waals surface area (Å²) in [6.45, 7) is 3.50. The Morgan fingerprint density at radius 3 is 2.67 bits per heavy atom. The molecule has 164 valence electrons. The number of halogens is 1. The topological polar surface area (TPSA) is 107 Å². The number of carbonyl (C=O) groups is 1. The molecular weight excluding hydrogens is 442 g/mol. The molecule has 5 rings (SSSR count). The van der Waals surface area contributed by atoms with Gasteiger partial charge in [-0.05, 0) is 49.4 Å². The van der Waals surface area contributed by atoms with Crippen LogP contribution in [0.1, 0.15) is 34.8 Å². The first-order valence-electron chi connectivity index (χ1n) is 10.2. The van der Waals surface area contributed by atoms with Crippen molar-refractivity contribution in [3.63, 3.8) is 0 Å². The number of aromatic nitrogens is 6. The third-order valence-electron chi connectivity index (χ3n) is 5.36. The molecule has 0 aliphatic carbocycles. The molecule has 0 bridgehead atoms. The average molecular weight is 460 g/mol. The van der Waals surface area contributed by atoms with E-state index >= 15 is 0 Å². The fourth-order valence-corrected chi connectivity index (χ4v) is 4.12. The lowest BCUT2D eigenvalue weighted by molar-refractivity contribution is 0.0939. The summed E-state index contributed by atoms with van der Waals surface area (Å²) in [6, 6.07) is 15.3. The second-order valence-corrected chi connectivity index (χ2v) is 7.94. The van der Waals surface area contributed by atoms with Crippen LogP contribution >= 0.6 is 11.6 Å². The molecule has 10 heteroatoms. The van der Waals surface area contributed by atoms with Gasteiger partial charge in [0.25, 0.3) is 11.5 Å². The number of carbonyl (C=O) groups excluding carboxylic acids is 1. The van der Waals surface area contributed by atoms with Crippen LogP contribution in [-0.2, 0) is 0 Å². The molecule has 5 aromatic rings. The van der Waals surface area contributed by atoms with E-state index in [2.05, 4.69) is 20.7 Å². The molecule has 0 aliphatic rings. The number of nitrogens with one attached hydrogen (secondary N) is 1. The van der Waals surface area contributed by atoms with Gasteiger partial charge in [0.05, 0.1) is 45.1 Å². The summed E-state index contributed by atoms with van der Waals surface area (Å²) in [5.74, 6) is 0.0197. The SMILES string of the molecule is Cc1nn2nnccc2c1C(=O)N[C@@H](C)c1nc2cccc(Cl)c2c(=O)n1-c1ccccc1. The third kappa shape index (κ3) is 3.52. The predicted octanol–water partition coefficient (Wildman–Crippen LogP) is 3.28. The molecule has 0 aliphatic heterocycles. The lowest BCUT2D eigenvalue weighted by atomic mass is 10.1. The minimum atomic E-state index is -0.613. The highest BCUT2D eigenvalue weighted by molar-refractivity contribution is 6.35. The van der Waals surface area contributed by atoms with Crippen molar-refractivity contribution in [1.82, 2.24) is 34.9 Å². The van der Waals surface area contributed by atoms with Crippen molar-refractivity contribution in [2.45, 2.75) is 19.9 Å². The maximum absolute atomic E-state index is 13.5. The van der Waals surface area contributed by atoms with Crippen molar-refractivity contribution < 1.29 is 4.79 Å². The van der Waals surface area contributed by atoms with Gasteiger partial charge in [0.15, 0.2) is 0 Å². The van der Waals surface area contributed by atoms with Gasteiger partial charge in [-0.25, -0.2) is 4.98 Å². The Morgan fingerprint density at radius 2 is 1.88 bits per heavy atom. The van der Waals surface area contributed by atoms with Gasteiger partial charge >= 0.3 is 0 Å². The van der Waals surface area contributed by atoms with Crippen LogP contribution in [0.3, 0.4) is 0 Å². The Balaban J connectivity index is 1.64. The predicted molar refractivity (Wildman–Crippen MR) is 124 cm³/mol. The number of hydrogen-bond donors (Lipinski definition) is 1. The lowest BCUT2D eigenvalue weighted by Crippen LogP contribution is -2.33. The first kappa shape index (κ1) is 20.8. The summed E-state index contributed by atoms with van der Waals surface area (Å²) in [5, 5.41) is 15.5. The number of hydrogen-bond acceptors (Lipinski definition) is 6. The van der Waals surface area contributed by atoms with E-state index in [1.807, 2.05) is 18.2 Å². The zero-order valence-electron chi connectivity index (χ0n) is 17.7. The third-order valence-corrected chi connectivity index (χ3v) is 5.68. The van der Waals surface area contributed by atoms with Crippen LogP contribution in [0.2, 0.25) is 5.02 Å². The maximum atomic E-state index is 13.5. The van der Waals surface area contributed by atoms with Gasteiger partial charge in [0.1, 0.15) is 11.3 Å². The van der Waals surface area contributed by atoms with E-state index < -0.39 is 6.04 Å². The maximum Gasteiger partial charge on any atom is 0.267 e. The van der Waals surface area contributed by atoms with Crippen LogP contribution in [0.25, 0.3) is 22.1 Å². The molecule has 1 atom stereocenters. The van der Waals surface area contributed by atoms with Gasteiger partial charge in [-0.2, -0.15) is 5.10 Å². The van der Waals surface area contributed by atoms with Crippen molar-refractivity contribution >= 4 is 33.9 Å². The molecule has 0 saturated carbocycles. The Labute approximate surface area is 192 Å². The average Bonchev–Trinajstić information content (AvgIpc) is 3.15. The monoisotopic (exact) mass is 459 g/mol. The Hall–Kier alpha value is -4.11. The summed E-state index contributed by atoms with van der Waals surface area (Å²) in [6.07, 6.45) is 1.50. The van der Waals surface area contributed by atoms with E-state index in [1.165, 1.54) is 15.4 Å². The van der Waals surface area contributed by atoms with Crippen LogP contribution in [0.5, 0.6) is 0 Å². The molecule has 1 N–H and O–H groups in total. The molecular formula is C23H18ClN7O2. The lowest BCUT2D eigenvalue weighted by Gasteiger charge is -2.20. The van der Waals surface area contributed by atoms with Crippen molar-refractivity contribution in [1.29, 1.82) is 0 Å². The van der Waals surface area contributed by atoms with E-state index in [9.17, 15) is 9.59 Å². The number of aryl methyl sites for hydroxylation is 1. The largest absolute Gasteiger partial charge is 0.342 e. The van der Waals surface area contributed by atoms with Crippen molar-refractivity contribution in [2.75, 3.05) is 0 Å². The molecule has 0 spiro atoms. The van der Waals surface area contributed by atoms with Gasteiger partial charge in [-0.1, -0.05) is 35.9 Å². The fraction of sp³-hybridized carbons (Fsp3) is 0.130. The van der Waals surface area contributed by atoms with Crippen LogP contribution in [0.4, 0.5) is 0 Å². The van der Waals surface area contributed by atoms with Crippen LogP contribution < -0.4 is 10.9 Å². The van der Waals surface area contributed by atoms with E-state index in [-0.39, 0.29) is 11.5 Å². The summed E-state index contributed by atoms with van der Waals surface area (Å²) in [7, 11) is 0. The normalized spacial score (nSPS) is 12.2. The van der Waals surface area contributed by atoms with E-state index in [1.54, 1.807) is 50.2 Å². The smallest absolute Gasteiger partial charge is 0.267 e. The molecule has 0 radical (unpaired) electrons. The summed E-state index contributed by atoms with van der Waals surface area (Å²) >= 11 is 6.34. The van der Waals surface area contributed by atoms with Crippen molar-refractivity contribution in [2.24, 2.45) is 0 Å². The standard InChI is InChI=1S/C23H18ClN7O2/c1-13-19(18-11-12-25-29-31(18)28-13)22(32)26-14(2)21-27-17-10-6-9-16(24)20(17)23(33)30(21)15-7-4-3-5-8-15/h3-12,14H,1-2H3,(H,26,32)/t14-/m0/s1. The second-order valence-electron chi connectivity index (χ2n) is 7.53. The molecule has 0 fully saturated rings. The minimum Gasteiger partial charge on any atom is -0.342 e. The molecule has 0 saturated heterocycles. The van der Waals surface area contributed by atoms with Gasteiger partial charge in [0, 0.05) is 0 Å². The Morgan fingerprint density at radius 1 is 1.09 bits per heavy atom. The summed E-state index contributed by atoms with van der Waals surface area (Å²) < 4.78 is 2.79. The summed E-state index contributed by atoms with van der Waals surface area (Å²) in [4.78, 5) is 31.5. The number of fused-ring (bicyclic) bond motifs is 2. The minimum absolute atomic E-state index is 0.310. The first-order chi connectivity index (χ1) is 16.0. The van der Waals surface area contributed by atoms with Crippen molar-refractivity contribution in [3.05, 3.63) is 93.3 Å². The van der Waals surface area contributed by atoms with E-state index in [4.69, 9.17) is 16.6 Å². The second kappa shape index (κ2) is 8.10. The van der Waals surface area contributed by atoms with Crippen molar-refractivity contribution in [3.8, 4) is 5.69 Å². The number of benzene rings is 2. The highest BCUT2D eigenvalue weighted by Crippen LogP contribution is 2.23. The van der Waals surface area contributed by atoms with E-state index in [0.29, 0.717) is 44.2 Å². The zero-order chi connectivity index (χ0) is 23.1. The quantitative estimate of drug-likeness (QED) is 0.442. The van der Waals surface area contributed by atoms with Crippen LogP contribution in [0, 0.1) is 6.92 Å². The molecule has 2 aromatic carbocycles. The Kier molecular flexibility index (Phi) is 5.10. The van der Waals surface area contributed by atoms with Crippen LogP contribution in [0.15, 0.2) is 65.6 Å². The first-order valence-corrected chi connectivity index (χ1v) is 10.6. The molecule has 1 amide bonds. The molecule has 33 heavy (non-hydrogen) atoms. The van der Waals surface area contributed by atoms with Crippen LogP contribution in [-0.4, -0.2) is 35.5 Å². The van der Waals surface area contributed by atoms with Gasteiger partial charge < -0.3 is 5.32 Å². The van der Waals surface area contributed by atoms with E-state index in [0.717, 1.165) is 0 Å². The zero-order valence-corrected chi connectivity index (χ0v) is 18.5. The number of rotatable bonds is 4. The van der Waals surface area contributed by atoms with Gasteiger partial charge in [0.2, 0.25) is 0 Å². The molecule has 3 aromatic heterocycles. The molecule has 9 nitrogen and oxygen atoms in total. The summed E-state index contributed by atoms with van der Waals surface area (Å²) in [5.41, 5.74) is 2.20. The fourth-order valence-electron chi connectivity index (χ4n) is 3.87. The molecule has 0 unspecified atom stereocenters. The number of para-hydroxylation sites is 1. The number of nitrogens with zero attached hydrogens (tertiary/aromatic N) is 6. The Bertz CT molecular complexity index is 1580.